The van der Waals surface area contributed by atoms with Gasteiger partial charge in [-0.15, -0.1) is 12.4 Å². The van der Waals surface area contributed by atoms with Gasteiger partial charge in [0.2, 0.25) is 5.91 Å². The number of carbonyl (C=O) groups is 1. The van der Waals surface area contributed by atoms with Crippen molar-refractivity contribution in [1.29, 1.82) is 0 Å². The molecule has 3 unspecified atom stereocenters. The van der Waals surface area contributed by atoms with Gasteiger partial charge < -0.3 is 15.8 Å². The minimum atomic E-state index is -0.757. The van der Waals surface area contributed by atoms with E-state index in [4.69, 9.17) is 10.5 Å². The van der Waals surface area contributed by atoms with Crippen LogP contribution in [-0.4, -0.2) is 31.2 Å². The van der Waals surface area contributed by atoms with Gasteiger partial charge in [0.1, 0.15) is 5.54 Å². The van der Waals surface area contributed by atoms with Crippen molar-refractivity contribution in [3.63, 3.8) is 0 Å². The van der Waals surface area contributed by atoms with Crippen LogP contribution in [0.2, 0.25) is 0 Å². The van der Waals surface area contributed by atoms with Crippen LogP contribution in [0.5, 0.6) is 0 Å². The predicted molar refractivity (Wildman–Crippen MR) is 64.5 cm³/mol. The first-order valence-corrected chi connectivity index (χ1v) is 5.59. The Labute approximate surface area is 103 Å². The molecular weight excluding hydrogens is 228 g/mol. The second-order valence-corrected chi connectivity index (χ2v) is 5.21. The number of hydrogen-bond acceptors (Lipinski definition) is 3. The average Bonchev–Trinajstić information content (AvgIpc) is 2.26. The van der Waals surface area contributed by atoms with Gasteiger partial charge in [0.15, 0.2) is 0 Å². The maximum absolute atomic E-state index is 11.9. The minimum Gasteiger partial charge on any atom is -0.377 e. The zero-order valence-electron chi connectivity index (χ0n) is 10.1. The fourth-order valence-electron chi connectivity index (χ4n) is 3.24. The van der Waals surface area contributed by atoms with E-state index in [2.05, 4.69) is 5.32 Å². The van der Waals surface area contributed by atoms with Crippen LogP contribution >= 0.6 is 12.4 Å². The lowest BCUT2D eigenvalue weighted by atomic mass is 9.46. The van der Waals surface area contributed by atoms with Crippen LogP contribution < -0.4 is 11.1 Å². The average molecular weight is 249 g/mol. The molecule has 3 atom stereocenters. The summed E-state index contributed by atoms with van der Waals surface area (Å²) < 4.78 is 5.72. The molecule has 1 aliphatic heterocycles. The monoisotopic (exact) mass is 248 g/mol. The number of halogens is 1. The number of rotatable bonds is 1. The topological polar surface area (TPSA) is 64.4 Å². The van der Waals surface area contributed by atoms with Crippen LogP contribution in [0.4, 0.5) is 0 Å². The number of carbonyl (C=O) groups excluding carboxylic acids is 1. The summed E-state index contributed by atoms with van der Waals surface area (Å²) in [5.41, 5.74) is 5.27. The van der Waals surface area contributed by atoms with E-state index in [1.165, 1.54) is 0 Å². The van der Waals surface area contributed by atoms with Gasteiger partial charge in [0, 0.05) is 25.0 Å². The molecule has 0 spiro atoms. The highest BCUT2D eigenvalue weighted by Crippen LogP contribution is 2.57. The molecule has 0 aromatic carbocycles. The highest BCUT2D eigenvalue weighted by molar-refractivity contribution is 5.89. The molecule has 0 aromatic heterocycles. The molecule has 1 saturated carbocycles. The van der Waals surface area contributed by atoms with Crippen LogP contribution in [0, 0.1) is 11.3 Å². The van der Waals surface area contributed by atoms with Crippen molar-refractivity contribution in [3.8, 4) is 0 Å². The zero-order valence-corrected chi connectivity index (χ0v) is 10.9. The van der Waals surface area contributed by atoms with Crippen LogP contribution in [0.3, 0.4) is 0 Å². The van der Waals surface area contributed by atoms with E-state index in [0.29, 0.717) is 0 Å². The van der Waals surface area contributed by atoms with Gasteiger partial charge in [-0.3, -0.25) is 4.79 Å². The number of amides is 1. The summed E-state index contributed by atoms with van der Waals surface area (Å²) in [6.07, 6.45) is 2.15. The first-order valence-electron chi connectivity index (χ1n) is 5.59. The lowest BCUT2D eigenvalue weighted by Crippen LogP contribution is -2.82. The molecule has 0 bridgehead atoms. The van der Waals surface area contributed by atoms with E-state index in [-0.39, 0.29) is 35.8 Å². The number of fused-ring (bicyclic) bond motifs is 1. The molecule has 4 nitrogen and oxygen atoms in total. The van der Waals surface area contributed by atoms with E-state index >= 15 is 0 Å². The SMILES string of the molecule is CNC(=O)C1(N)C2CCCOC2C1(C)C.Cl. The smallest absolute Gasteiger partial charge is 0.240 e. The van der Waals surface area contributed by atoms with Gasteiger partial charge in [0.25, 0.3) is 0 Å². The molecule has 0 aromatic rings. The van der Waals surface area contributed by atoms with E-state index in [9.17, 15) is 4.79 Å². The number of nitrogens with one attached hydrogen (secondary N) is 1. The fraction of sp³-hybridized carbons (Fsp3) is 0.909. The van der Waals surface area contributed by atoms with Gasteiger partial charge in [-0.05, 0) is 12.8 Å². The summed E-state index contributed by atoms with van der Waals surface area (Å²) in [7, 11) is 1.64. The largest absolute Gasteiger partial charge is 0.377 e. The number of hydrogen-bond donors (Lipinski definition) is 2. The Morgan fingerprint density at radius 2 is 2.12 bits per heavy atom. The zero-order chi connectivity index (χ0) is 11.3. The second-order valence-electron chi connectivity index (χ2n) is 5.21. The van der Waals surface area contributed by atoms with E-state index in [0.717, 1.165) is 19.4 Å². The molecule has 2 rings (SSSR count). The Bertz CT molecular complexity index is 296. The Balaban J connectivity index is 0.00000128. The van der Waals surface area contributed by atoms with Crippen molar-refractivity contribution in [2.24, 2.45) is 17.1 Å². The van der Waals surface area contributed by atoms with Crippen molar-refractivity contribution in [2.45, 2.75) is 38.3 Å². The van der Waals surface area contributed by atoms with Crippen molar-refractivity contribution < 1.29 is 9.53 Å². The Kier molecular flexibility index (Phi) is 3.58. The molecule has 1 amide bonds. The summed E-state index contributed by atoms with van der Waals surface area (Å²) in [5.74, 6) is 0.125. The van der Waals surface area contributed by atoms with Gasteiger partial charge in [0.05, 0.1) is 6.10 Å². The van der Waals surface area contributed by atoms with Crippen molar-refractivity contribution in [1.82, 2.24) is 5.32 Å². The van der Waals surface area contributed by atoms with Gasteiger partial charge >= 0.3 is 0 Å². The highest BCUT2D eigenvalue weighted by atomic mass is 35.5. The summed E-state index contributed by atoms with van der Waals surface area (Å²) in [6, 6.07) is 0. The number of likely N-dealkylation sites (N-methyl/N-ethyl adjacent to an activating group) is 1. The molecule has 1 saturated heterocycles. The molecule has 2 fully saturated rings. The number of nitrogens with two attached hydrogens (primary N) is 1. The quantitative estimate of drug-likeness (QED) is 0.718. The first kappa shape index (κ1) is 13.7. The molecule has 2 aliphatic rings. The van der Waals surface area contributed by atoms with Crippen LogP contribution in [-0.2, 0) is 9.53 Å². The third-order valence-electron chi connectivity index (χ3n) is 4.29. The normalized spacial score (nSPS) is 40.0. The Morgan fingerprint density at radius 3 is 2.69 bits per heavy atom. The van der Waals surface area contributed by atoms with E-state index in [1.54, 1.807) is 7.05 Å². The lowest BCUT2D eigenvalue weighted by Gasteiger charge is -2.65. The van der Waals surface area contributed by atoms with E-state index < -0.39 is 5.54 Å². The summed E-state index contributed by atoms with van der Waals surface area (Å²) in [4.78, 5) is 11.9. The second kappa shape index (κ2) is 4.17. The Morgan fingerprint density at radius 1 is 1.50 bits per heavy atom. The van der Waals surface area contributed by atoms with Gasteiger partial charge in [-0.2, -0.15) is 0 Å². The molecule has 94 valence electrons. The molecule has 16 heavy (non-hydrogen) atoms. The fourth-order valence-corrected chi connectivity index (χ4v) is 3.24. The Hall–Kier alpha value is -0.320. The third kappa shape index (κ3) is 1.40. The highest BCUT2D eigenvalue weighted by Gasteiger charge is 2.69. The summed E-state index contributed by atoms with van der Waals surface area (Å²) in [5, 5.41) is 2.68. The molecule has 1 heterocycles. The van der Waals surface area contributed by atoms with Crippen molar-refractivity contribution in [3.05, 3.63) is 0 Å². The molecule has 1 aliphatic carbocycles. The first-order chi connectivity index (χ1) is 6.96. The predicted octanol–water partition coefficient (Wildman–Crippen LogP) is 0.687. The van der Waals surface area contributed by atoms with Gasteiger partial charge in [-0.1, -0.05) is 13.8 Å². The van der Waals surface area contributed by atoms with Crippen molar-refractivity contribution in [2.75, 3.05) is 13.7 Å². The van der Waals surface area contributed by atoms with Gasteiger partial charge in [-0.25, -0.2) is 0 Å². The molecular formula is C11H21ClN2O2. The lowest BCUT2D eigenvalue weighted by molar-refractivity contribution is -0.224. The standard InChI is InChI=1S/C11H20N2O2.ClH/c1-10(2)8-7(5-4-6-15-8)11(10,12)9(14)13-3;/h7-8H,4-6,12H2,1-3H3,(H,13,14);1H. The molecule has 3 N–H and O–H groups in total. The maximum Gasteiger partial charge on any atom is 0.240 e. The molecule has 0 radical (unpaired) electrons. The van der Waals surface area contributed by atoms with Crippen molar-refractivity contribution >= 4 is 18.3 Å². The van der Waals surface area contributed by atoms with Crippen LogP contribution in [0.15, 0.2) is 0 Å². The molecule has 5 heteroatoms. The summed E-state index contributed by atoms with van der Waals surface area (Å²) >= 11 is 0. The third-order valence-corrected chi connectivity index (χ3v) is 4.29. The summed E-state index contributed by atoms with van der Waals surface area (Å²) in [6.45, 7) is 4.85. The van der Waals surface area contributed by atoms with Crippen LogP contribution in [0.25, 0.3) is 0 Å². The minimum absolute atomic E-state index is 0. The maximum atomic E-state index is 11.9. The van der Waals surface area contributed by atoms with E-state index in [1.807, 2.05) is 13.8 Å². The number of ether oxygens (including phenoxy) is 1. The van der Waals surface area contributed by atoms with Crippen LogP contribution in [0.1, 0.15) is 26.7 Å².